The van der Waals surface area contributed by atoms with Crippen LogP contribution in [0.5, 0.6) is 0 Å². The molecule has 0 N–H and O–H groups in total. The molecule has 0 bridgehead atoms. The molecule has 1 aliphatic carbocycles. The fraction of sp³-hybridized carbons (Fsp3) is 0.571. The van der Waals surface area contributed by atoms with Gasteiger partial charge in [0.25, 0.3) is 0 Å². The van der Waals surface area contributed by atoms with Gasteiger partial charge in [0, 0.05) is 18.8 Å². The molecule has 3 nitrogen and oxygen atoms in total. The van der Waals surface area contributed by atoms with Gasteiger partial charge in [0.05, 0.1) is 11.6 Å². The van der Waals surface area contributed by atoms with Crippen LogP contribution in [0.25, 0.3) is 0 Å². The summed E-state index contributed by atoms with van der Waals surface area (Å²) in [5, 5.41) is 8.92. The summed E-state index contributed by atoms with van der Waals surface area (Å²) in [5.74, 6) is 1.67. The van der Waals surface area contributed by atoms with E-state index in [1.807, 2.05) is 6.07 Å². The van der Waals surface area contributed by atoms with Crippen molar-refractivity contribution in [2.45, 2.75) is 39.2 Å². The normalized spacial score (nSPS) is 14.7. The van der Waals surface area contributed by atoms with Crippen molar-refractivity contribution < 1.29 is 0 Å². The Morgan fingerprint density at radius 3 is 2.88 bits per heavy atom. The SMILES string of the molecule is CC(C)CCN(c1cc(C#N)ccn1)C1CC1. The first-order valence-corrected chi connectivity index (χ1v) is 6.33. The first-order valence-electron chi connectivity index (χ1n) is 6.33. The zero-order valence-electron chi connectivity index (χ0n) is 10.6. The van der Waals surface area contributed by atoms with E-state index >= 15 is 0 Å². The number of nitriles is 1. The molecule has 1 saturated carbocycles. The summed E-state index contributed by atoms with van der Waals surface area (Å²) >= 11 is 0. The van der Waals surface area contributed by atoms with E-state index in [0.29, 0.717) is 17.5 Å². The molecule has 1 fully saturated rings. The highest BCUT2D eigenvalue weighted by Crippen LogP contribution is 2.31. The average Bonchev–Trinajstić information content (AvgIpc) is 3.14. The first-order chi connectivity index (χ1) is 8.20. The topological polar surface area (TPSA) is 39.9 Å². The minimum atomic E-state index is 0.648. The van der Waals surface area contributed by atoms with Gasteiger partial charge in [0.2, 0.25) is 0 Å². The Bertz CT molecular complexity index is 416. The molecule has 0 saturated heterocycles. The lowest BCUT2D eigenvalue weighted by molar-refractivity contribution is 0.568. The Morgan fingerprint density at radius 1 is 1.53 bits per heavy atom. The standard InChI is InChI=1S/C14H19N3/c1-11(2)6-8-17(13-3-4-13)14-9-12(10-15)5-7-16-14/h5,7,9,11,13H,3-4,6,8H2,1-2H3. The fourth-order valence-electron chi connectivity index (χ4n) is 1.91. The Hall–Kier alpha value is -1.56. The molecule has 2 rings (SSSR count). The zero-order valence-corrected chi connectivity index (χ0v) is 10.6. The van der Waals surface area contributed by atoms with Crippen molar-refractivity contribution in [3.63, 3.8) is 0 Å². The second-order valence-corrected chi connectivity index (χ2v) is 5.12. The molecule has 90 valence electrons. The van der Waals surface area contributed by atoms with Gasteiger partial charge in [-0.25, -0.2) is 4.98 Å². The lowest BCUT2D eigenvalue weighted by atomic mass is 10.1. The largest absolute Gasteiger partial charge is 0.354 e. The van der Waals surface area contributed by atoms with Crippen LogP contribution in [0.1, 0.15) is 38.7 Å². The summed E-state index contributed by atoms with van der Waals surface area (Å²) in [6.07, 6.45) is 5.43. The summed E-state index contributed by atoms with van der Waals surface area (Å²) < 4.78 is 0. The van der Waals surface area contributed by atoms with Crippen molar-refractivity contribution in [3.05, 3.63) is 23.9 Å². The van der Waals surface area contributed by atoms with Gasteiger partial charge in [0.15, 0.2) is 0 Å². The van der Waals surface area contributed by atoms with Gasteiger partial charge in [-0.15, -0.1) is 0 Å². The highest BCUT2D eigenvalue weighted by Gasteiger charge is 2.29. The second-order valence-electron chi connectivity index (χ2n) is 5.12. The quantitative estimate of drug-likeness (QED) is 0.779. The third-order valence-electron chi connectivity index (χ3n) is 3.10. The molecule has 0 atom stereocenters. The van der Waals surface area contributed by atoms with Crippen molar-refractivity contribution in [1.82, 2.24) is 4.98 Å². The first kappa shape index (κ1) is 11.9. The molecule has 1 aromatic heterocycles. The van der Waals surface area contributed by atoms with Crippen LogP contribution in [0, 0.1) is 17.2 Å². The highest BCUT2D eigenvalue weighted by atomic mass is 15.2. The van der Waals surface area contributed by atoms with Crippen molar-refractivity contribution in [3.8, 4) is 6.07 Å². The van der Waals surface area contributed by atoms with E-state index in [1.165, 1.54) is 19.3 Å². The second kappa shape index (κ2) is 5.18. The van der Waals surface area contributed by atoms with E-state index in [-0.39, 0.29) is 0 Å². The van der Waals surface area contributed by atoms with Gasteiger partial charge in [0.1, 0.15) is 5.82 Å². The summed E-state index contributed by atoms with van der Waals surface area (Å²) in [6, 6.07) is 6.49. The van der Waals surface area contributed by atoms with E-state index in [0.717, 1.165) is 12.4 Å². The summed E-state index contributed by atoms with van der Waals surface area (Å²) in [4.78, 5) is 6.76. The van der Waals surface area contributed by atoms with Crippen LogP contribution in [-0.4, -0.2) is 17.6 Å². The van der Waals surface area contributed by atoms with Gasteiger partial charge in [-0.05, 0) is 37.3 Å². The van der Waals surface area contributed by atoms with Gasteiger partial charge in [-0.1, -0.05) is 13.8 Å². The molecule has 0 aromatic carbocycles. The monoisotopic (exact) mass is 229 g/mol. The number of aromatic nitrogens is 1. The average molecular weight is 229 g/mol. The Morgan fingerprint density at radius 2 is 2.29 bits per heavy atom. The van der Waals surface area contributed by atoms with E-state index in [9.17, 15) is 0 Å². The predicted octanol–water partition coefficient (Wildman–Crippen LogP) is 2.97. The molecule has 1 aliphatic rings. The number of hydrogen-bond acceptors (Lipinski definition) is 3. The Balaban J connectivity index is 2.11. The maximum Gasteiger partial charge on any atom is 0.130 e. The Labute approximate surface area is 103 Å². The molecular formula is C14H19N3. The summed E-state index contributed by atoms with van der Waals surface area (Å²) in [7, 11) is 0. The number of rotatable bonds is 5. The number of hydrogen-bond donors (Lipinski definition) is 0. The van der Waals surface area contributed by atoms with Crippen molar-refractivity contribution in [2.75, 3.05) is 11.4 Å². The van der Waals surface area contributed by atoms with Crippen LogP contribution >= 0.6 is 0 Å². The molecule has 0 amide bonds. The van der Waals surface area contributed by atoms with Crippen molar-refractivity contribution in [1.29, 1.82) is 5.26 Å². The molecule has 0 unspecified atom stereocenters. The van der Waals surface area contributed by atoms with Crippen LogP contribution < -0.4 is 4.90 Å². The molecular weight excluding hydrogens is 210 g/mol. The molecule has 1 heterocycles. The van der Waals surface area contributed by atoms with E-state index < -0.39 is 0 Å². The van der Waals surface area contributed by atoms with Gasteiger partial charge in [-0.3, -0.25) is 0 Å². The minimum absolute atomic E-state index is 0.648. The number of pyridine rings is 1. The molecule has 0 radical (unpaired) electrons. The van der Waals surface area contributed by atoms with E-state index in [4.69, 9.17) is 5.26 Å². The van der Waals surface area contributed by atoms with Crippen LogP contribution in [0.15, 0.2) is 18.3 Å². The summed E-state index contributed by atoms with van der Waals surface area (Å²) in [5.41, 5.74) is 0.699. The Kier molecular flexibility index (Phi) is 3.63. The molecule has 3 heteroatoms. The fourth-order valence-corrected chi connectivity index (χ4v) is 1.91. The van der Waals surface area contributed by atoms with Crippen molar-refractivity contribution in [2.24, 2.45) is 5.92 Å². The van der Waals surface area contributed by atoms with Gasteiger partial charge in [-0.2, -0.15) is 5.26 Å². The summed E-state index contributed by atoms with van der Waals surface area (Å²) in [6.45, 7) is 5.53. The third kappa shape index (κ3) is 3.20. The smallest absolute Gasteiger partial charge is 0.130 e. The number of nitrogens with zero attached hydrogens (tertiary/aromatic N) is 3. The maximum atomic E-state index is 8.92. The lowest BCUT2D eigenvalue weighted by Gasteiger charge is -2.24. The van der Waals surface area contributed by atoms with E-state index in [1.54, 1.807) is 12.3 Å². The van der Waals surface area contributed by atoms with Gasteiger partial charge < -0.3 is 4.90 Å². The molecule has 0 spiro atoms. The molecule has 0 aliphatic heterocycles. The number of anilines is 1. The van der Waals surface area contributed by atoms with Crippen molar-refractivity contribution >= 4 is 5.82 Å². The predicted molar refractivity (Wildman–Crippen MR) is 68.8 cm³/mol. The molecule has 17 heavy (non-hydrogen) atoms. The van der Waals surface area contributed by atoms with E-state index in [2.05, 4.69) is 29.8 Å². The van der Waals surface area contributed by atoms with Crippen LogP contribution in [0.2, 0.25) is 0 Å². The third-order valence-corrected chi connectivity index (χ3v) is 3.10. The van der Waals surface area contributed by atoms with Gasteiger partial charge >= 0.3 is 0 Å². The van der Waals surface area contributed by atoms with Crippen LogP contribution in [-0.2, 0) is 0 Å². The van der Waals surface area contributed by atoms with Crippen LogP contribution in [0.4, 0.5) is 5.82 Å². The maximum absolute atomic E-state index is 8.92. The zero-order chi connectivity index (χ0) is 12.3. The highest BCUT2D eigenvalue weighted by molar-refractivity contribution is 5.46. The van der Waals surface area contributed by atoms with Crippen LogP contribution in [0.3, 0.4) is 0 Å². The minimum Gasteiger partial charge on any atom is -0.354 e. The lowest BCUT2D eigenvalue weighted by Crippen LogP contribution is -2.28. The molecule has 1 aromatic rings.